The van der Waals surface area contributed by atoms with E-state index in [9.17, 15) is 14.0 Å². The highest BCUT2D eigenvalue weighted by Crippen LogP contribution is 2.12. The highest BCUT2D eigenvalue weighted by Gasteiger charge is 2.22. The molecule has 1 atom stereocenters. The van der Waals surface area contributed by atoms with Crippen molar-refractivity contribution in [2.24, 2.45) is 5.73 Å². The molecule has 21 heavy (non-hydrogen) atoms. The number of nitrogens with zero attached hydrogens (tertiary/aromatic N) is 1. The number of hydrogen-bond donors (Lipinski definition) is 2. The molecule has 0 spiro atoms. The fourth-order valence-electron chi connectivity index (χ4n) is 2.41. The SMILES string of the molecule is CC(NCc1ccc(C(N)=O)cc1F)C(=O)N1CCCC1. The summed E-state index contributed by atoms with van der Waals surface area (Å²) >= 11 is 0. The lowest BCUT2D eigenvalue weighted by Crippen LogP contribution is -2.43. The quantitative estimate of drug-likeness (QED) is 0.851. The summed E-state index contributed by atoms with van der Waals surface area (Å²) in [6.07, 6.45) is 2.09. The van der Waals surface area contributed by atoms with Crippen molar-refractivity contribution < 1.29 is 14.0 Å². The van der Waals surface area contributed by atoms with Crippen LogP contribution in [-0.2, 0) is 11.3 Å². The van der Waals surface area contributed by atoms with Crippen molar-refractivity contribution in [1.82, 2.24) is 10.2 Å². The van der Waals surface area contributed by atoms with Gasteiger partial charge >= 0.3 is 0 Å². The van der Waals surface area contributed by atoms with Crippen LogP contribution >= 0.6 is 0 Å². The highest BCUT2D eigenvalue weighted by molar-refractivity contribution is 5.92. The third-order valence-electron chi connectivity index (χ3n) is 3.72. The van der Waals surface area contributed by atoms with Crippen LogP contribution in [0.4, 0.5) is 4.39 Å². The Kier molecular flexibility index (Phi) is 4.90. The predicted molar refractivity (Wildman–Crippen MR) is 77.0 cm³/mol. The van der Waals surface area contributed by atoms with E-state index in [1.165, 1.54) is 12.1 Å². The maximum absolute atomic E-state index is 13.8. The molecule has 1 aliphatic heterocycles. The number of likely N-dealkylation sites (tertiary alicyclic amines) is 1. The van der Waals surface area contributed by atoms with E-state index in [2.05, 4.69) is 5.32 Å². The second-order valence-electron chi connectivity index (χ2n) is 5.31. The summed E-state index contributed by atoms with van der Waals surface area (Å²) in [5.74, 6) is -1.12. The number of nitrogens with one attached hydrogen (secondary N) is 1. The molecule has 1 aromatic carbocycles. The van der Waals surface area contributed by atoms with Crippen molar-refractivity contribution in [3.63, 3.8) is 0 Å². The first-order valence-corrected chi connectivity index (χ1v) is 7.09. The maximum Gasteiger partial charge on any atom is 0.248 e. The van der Waals surface area contributed by atoms with Gasteiger partial charge in [-0.15, -0.1) is 0 Å². The summed E-state index contributed by atoms with van der Waals surface area (Å²) in [7, 11) is 0. The number of primary amides is 1. The van der Waals surface area contributed by atoms with Crippen molar-refractivity contribution in [3.8, 4) is 0 Å². The van der Waals surface area contributed by atoms with Crippen LogP contribution in [-0.4, -0.2) is 35.8 Å². The number of nitrogens with two attached hydrogens (primary N) is 1. The molecule has 3 N–H and O–H groups in total. The summed E-state index contributed by atoms with van der Waals surface area (Å²) in [6, 6.07) is 3.75. The number of halogens is 1. The molecule has 0 aromatic heterocycles. The molecular weight excluding hydrogens is 273 g/mol. The zero-order chi connectivity index (χ0) is 15.4. The molecule has 114 valence electrons. The van der Waals surface area contributed by atoms with Crippen LogP contribution in [0.15, 0.2) is 18.2 Å². The summed E-state index contributed by atoms with van der Waals surface area (Å²) in [5.41, 5.74) is 5.63. The minimum Gasteiger partial charge on any atom is -0.366 e. The summed E-state index contributed by atoms with van der Waals surface area (Å²) in [5, 5.41) is 3.02. The standard InChI is InChI=1S/C15H20FN3O2/c1-10(15(21)19-6-2-3-7-19)18-9-12-5-4-11(14(17)20)8-13(12)16/h4-5,8,10,18H,2-3,6-7,9H2,1H3,(H2,17,20). The molecule has 0 aliphatic carbocycles. The lowest BCUT2D eigenvalue weighted by Gasteiger charge is -2.21. The fourth-order valence-corrected chi connectivity index (χ4v) is 2.41. The Morgan fingerprint density at radius 1 is 1.38 bits per heavy atom. The smallest absolute Gasteiger partial charge is 0.248 e. The Labute approximate surface area is 123 Å². The Morgan fingerprint density at radius 3 is 2.62 bits per heavy atom. The molecule has 5 nitrogen and oxygen atoms in total. The van der Waals surface area contributed by atoms with Gasteiger partial charge in [0.15, 0.2) is 0 Å². The van der Waals surface area contributed by atoms with Crippen molar-refractivity contribution in [1.29, 1.82) is 0 Å². The second kappa shape index (κ2) is 6.67. The number of rotatable bonds is 5. The van der Waals surface area contributed by atoms with Crippen LogP contribution < -0.4 is 11.1 Å². The number of amides is 2. The van der Waals surface area contributed by atoms with Crippen LogP contribution in [0.5, 0.6) is 0 Å². The summed E-state index contributed by atoms with van der Waals surface area (Å²) < 4.78 is 13.8. The summed E-state index contributed by atoms with van der Waals surface area (Å²) in [6.45, 7) is 3.60. The third kappa shape index (κ3) is 3.78. The van der Waals surface area contributed by atoms with Gasteiger partial charge < -0.3 is 16.0 Å². The van der Waals surface area contributed by atoms with E-state index in [4.69, 9.17) is 5.73 Å². The van der Waals surface area contributed by atoms with Crippen LogP contribution in [0.1, 0.15) is 35.7 Å². The van der Waals surface area contributed by atoms with Gasteiger partial charge in [0.2, 0.25) is 11.8 Å². The first kappa shape index (κ1) is 15.4. The average Bonchev–Trinajstić information content (AvgIpc) is 2.98. The van der Waals surface area contributed by atoms with Crippen LogP contribution in [0.25, 0.3) is 0 Å². The minimum atomic E-state index is -0.661. The molecule has 1 saturated heterocycles. The van der Waals surface area contributed by atoms with Gasteiger partial charge in [0.1, 0.15) is 5.82 Å². The van der Waals surface area contributed by atoms with Crippen LogP contribution in [0.3, 0.4) is 0 Å². The molecule has 6 heteroatoms. The van der Waals surface area contributed by atoms with E-state index in [0.29, 0.717) is 5.56 Å². The number of carbonyl (C=O) groups excluding carboxylic acids is 2. The van der Waals surface area contributed by atoms with Crippen LogP contribution in [0, 0.1) is 5.82 Å². The van der Waals surface area contributed by atoms with E-state index in [-0.39, 0.29) is 24.1 Å². The lowest BCUT2D eigenvalue weighted by molar-refractivity contribution is -0.132. The van der Waals surface area contributed by atoms with Crippen molar-refractivity contribution in [3.05, 3.63) is 35.1 Å². The average molecular weight is 293 g/mol. The molecule has 0 bridgehead atoms. The highest BCUT2D eigenvalue weighted by atomic mass is 19.1. The van der Waals surface area contributed by atoms with E-state index in [1.54, 1.807) is 6.92 Å². The molecule has 2 amide bonds. The molecule has 1 fully saturated rings. The van der Waals surface area contributed by atoms with Gasteiger partial charge in [-0.1, -0.05) is 6.07 Å². The van der Waals surface area contributed by atoms with E-state index in [0.717, 1.165) is 32.0 Å². The van der Waals surface area contributed by atoms with Gasteiger partial charge in [-0.2, -0.15) is 0 Å². The zero-order valence-electron chi connectivity index (χ0n) is 12.1. The molecule has 0 radical (unpaired) electrons. The molecule has 1 aliphatic rings. The van der Waals surface area contributed by atoms with Gasteiger partial charge in [-0.25, -0.2) is 4.39 Å². The van der Waals surface area contributed by atoms with Gasteiger partial charge in [0.25, 0.3) is 0 Å². The Hall–Kier alpha value is -1.95. The van der Waals surface area contributed by atoms with E-state index < -0.39 is 11.7 Å². The largest absolute Gasteiger partial charge is 0.366 e. The summed E-state index contributed by atoms with van der Waals surface area (Å²) in [4.78, 5) is 24.9. The predicted octanol–water partition coefficient (Wildman–Crippen LogP) is 1.03. The molecule has 0 saturated carbocycles. The zero-order valence-corrected chi connectivity index (χ0v) is 12.1. The topological polar surface area (TPSA) is 75.4 Å². The normalized spacial score (nSPS) is 16.0. The first-order valence-electron chi connectivity index (χ1n) is 7.09. The molecule has 1 aromatic rings. The van der Waals surface area contributed by atoms with Gasteiger partial charge in [-0.3, -0.25) is 9.59 Å². The molecular formula is C15H20FN3O2. The fraction of sp³-hybridized carbons (Fsp3) is 0.467. The van der Waals surface area contributed by atoms with Gasteiger partial charge in [-0.05, 0) is 31.9 Å². The first-order chi connectivity index (χ1) is 9.99. The lowest BCUT2D eigenvalue weighted by atomic mass is 10.1. The molecule has 2 rings (SSSR count). The third-order valence-corrected chi connectivity index (χ3v) is 3.72. The number of hydrogen-bond acceptors (Lipinski definition) is 3. The number of benzene rings is 1. The maximum atomic E-state index is 13.8. The van der Waals surface area contributed by atoms with E-state index in [1.807, 2.05) is 4.90 Å². The Morgan fingerprint density at radius 2 is 2.05 bits per heavy atom. The van der Waals surface area contributed by atoms with Crippen molar-refractivity contribution in [2.75, 3.05) is 13.1 Å². The minimum absolute atomic E-state index is 0.0432. The molecule has 1 unspecified atom stereocenters. The number of carbonyl (C=O) groups is 2. The monoisotopic (exact) mass is 293 g/mol. The van der Waals surface area contributed by atoms with Gasteiger partial charge in [0, 0.05) is 30.8 Å². The van der Waals surface area contributed by atoms with Crippen LogP contribution in [0.2, 0.25) is 0 Å². The van der Waals surface area contributed by atoms with E-state index >= 15 is 0 Å². The Balaban J connectivity index is 1.93. The molecule has 1 heterocycles. The Bertz CT molecular complexity index is 542. The second-order valence-corrected chi connectivity index (χ2v) is 5.31. The van der Waals surface area contributed by atoms with Crippen molar-refractivity contribution >= 4 is 11.8 Å². The van der Waals surface area contributed by atoms with Crippen molar-refractivity contribution in [2.45, 2.75) is 32.4 Å². The van der Waals surface area contributed by atoms with Gasteiger partial charge in [0.05, 0.1) is 6.04 Å².